The van der Waals surface area contributed by atoms with Crippen LogP contribution in [0.1, 0.15) is 15.9 Å². The number of nitrogens with zero attached hydrogens (tertiary/aromatic N) is 2. The number of alkyl halides is 1. The first-order chi connectivity index (χ1) is 17.0. The van der Waals surface area contributed by atoms with E-state index in [0.29, 0.717) is 0 Å². The van der Waals surface area contributed by atoms with Crippen molar-refractivity contribution in [3.05, 3.63) is 86.9 Å². The third kappa shape index (κ3) is 5.52. The standard InChI is InChI=1S/C23H16BrCl3N4O4S/c1-12-5-7-16(8-6-12)36(34,35)30-15-4-2-3-13(9-15)22(32)28-21-19(24)23(33)31(29-21)20-17(26)10-14(25)11-18(20)27/h2-11,19,30H,1H3,(H,28,29,32). The maximum Gasteiger partial charge on any atom is 0.269 e. The summed E-state index contributed by atoms with van der Waals surface area (Å²) in [5, 5.41) is 8.19. The summed E-state index contributed by atoms with van der Waals surface area (Å²) in [6, 6.07) is 15.1. The summed E-state index contributed by atoms with van der Waals surface area (Å²) in [4.78, 5) is 24.8. The van der Waals surface area contributed by atoms with Gasteiger partial charge < -0.3 is 5.32 Å². The minimum absolute atomic E-state index is 0.00211. The van der Waals surface area contributed by atoms with Crippen molar-refractivity contribution >= 4 is 89.8 Å². The SMILES string of the molecule is Cc1ccc(S(=O)(=O)Nc2cccc(C(=O)NC3=NN(c4c(Cl)cc(Cl)cc4Cl)C(=O)C3Br)c2)cc1. The number of benzene rings is 3. The number of hydrazone groups is 1. The van der Waals surface area contributed by atoms with Gasteiger partial charge in [0.1, 0.15) is 5.69 Å². The van der Waals surface area contributed by atoms with Crippen molar-refractivity contribution < 1.29 is 18.0 Å². The minimum Gasteiger partial charge on any atom is -0.307 e. The van der Waals surface area contributed by atoms with Gasteiger partial charge in [0.05, 0.1) is 14.9 Å². The van der Waals surface area contributed by atoms with Crippen LogP contribution in [0.15, 0.2) is 70.7 Å². The van der Waals surface area contributed by atoms with E-state index in [-0.39, 0.29) is 42.7 Å². The maximum atomic E-state index is 12.9. The van der Waals surface area contributed by atoms with Gasteiger partial charge in [-0.15, -0.1) is 5.10 Å². The second kappa shape index (κ2) is 10.4. The van der Waals surface area contributed by atoms with Gasteiger partial charge >= 0.3 is 0 Å². The second-order valence-electron chi connectivity index (χ2n) is 7.67. The Morgan fingerprint density at radius 1 is 1.03 bits per heavy atom. The first-order valence-electron chi connectivity index (χ1n) is 10.2. The molecule has 1 aliphatic heterocycles. The van der Waals surface area contributed by atoms with Crippen molar-refractivity contribution in [1.29, 1.82) is 0 Å². The summed E-state index contributed by atoms with van der Waals surface area (Å²) >= 11 is 21.6. The molecule has 36 heavy (non-hydrogen) atoms. The van der Waals surface area contributed by atoms with E-state index < -0.39 is 26.7 Å². The molecule has 0 bridgehead atoms. The lowest BCUT2D eigenvalue weighted by Gasteiger charge is -2.15. The lowest BCUT2D eigenvalue weighted by atomic mass is 10.2. The molecule has 2 N–H and O–H groups in total. The van der Waals surface area contributed by atoms with Gasteiger partial charge in [-0.2, -0.15) is 5.01 Å². The normalized spacial score (nSPS) is 15.6. The van der Waals surface area contributed by atoms with Crippen LogP contribution in [-0.2, 0) is 14.8 Å². The molecule has 0 saturated heterocycles. The number of aryl methyl sites for hydroxylation is 1. The van der Waals surface area contributed by atoms with Gasteiger partial charge in [0, 0.05) is 16.3 Å². The molecule has 0 saturated carbocycles. The Kier molecular flexibility index (Phi) is 7.63. The van der Waals surface area contributed by atoms with Crippen molar-refractivity contribution in [3.63, 3.8) is 0 Å². The Labute approximate surface area is 230 Å². The van der Waals surface area contributed by atoms with E-state index in [1.807, 2.05) is 6.92 Å². The Bertz CT molecular complexity index is 1490. The van der Waals surface area contributed by atoms with E-state index in [2.05, 4.69) is 31.1 Å². The van der Waals surface area contributed by atoms with E-state index in [0.717, 1.165) is 10.6 Å². The van der Waals surface area contributed by atoms with Gasteiger partial charge in [-0.1, -0.05) is 74.5 Å². The maximum absolute atomic E-state index is 12.9. The van der Waals surface area contributed by atoms with Crippen molar-refractivity contribution in [2.75, 3.05) is 9.73 Å². The molecule has 0 spiro atoms. The summed E-state index contributed by atoms with van der Waals surface area (Å²) in [6.45, 7) is 1.85. The van der Waals surface area contributed by atoms with Gasteiger partial charge in [0.15, 0.2) is 10.7 Å². The fourth-order valence-electron chi connectivity index (χ4n) is 3.26. The fraction of sp³-hybridized carbons (Fsp3) is 0.0870. The van der Waals surface area contributed by atoms with Crippen LogP contribution in [0, 0.1) is 6.92 Å². The predicted molar refractivity (Wildman–Crippen MR) is 145 cm³/mol. The first-order valence-corrected chi connectivity index (χ1v) is 13.7. The minimum atomic E-state index is -3.86. The smallest absolute Gasteiger partial charge is 0.269 e. The Morgan fingerprint density at radius 3 is 2.31 bits per heavy atom. The highest BCUT2D eigenvalue weighted by Gasteiger charge is 2.38. The molecule has 1 atom stereocenters. The van der Waals surface area contributed by atoms with E-state index >= 15 is 0 Å². The largest absolute Gasteiger partial charge is 0.307 e. The summed E-state index contributed by atoms with van der Waals surface area (Å²) in [5.74, 6) is -1.15. The number of rotatable bonds is 5. The molecule has 13 heteroatoms. The van der Waals surface area contributed by atoms with Crippen LogP contribution >= 0.6 is 50.7 Å². The van der Waals surface area contributed by atoms with E-state index in [1.54, 1.807) is 12.1 Å². The van der Waals surface area contributed by atoms with Crippen LogP contribution in [0.4, 0.5) is 11.4 Å². The van der Waals surface area contributed by atoms with Crippen molar-refractivity contribution in [2.24, 2.45) is 5.10 Å². The molecular weight excluding hydrogens is 615 g/mol. The third-order valence-electron chi connectivity index (χ3n) is 5.02. The molecule has 3 aromatic carbocycles. The average molecular weight is 631 g/mol. The van der Waals surface area contributed by atoms with Gasteiger partial charge in [-0.3, -0.25) is 14.3 Å². The number of hydrogen-bond acceptors (Lipinski definition) is 5. The molecule has 4 rings (SSSR count). The predicted octanol–water partition coefficient (Wildman–Crippen LogP) is 5.61. The van der Waals surface area contributed by atoms with Crippen LogP contribution in [-0.4, -0.2) is 30.9 Å². The van der Waals surface area contributed by atoms with Crippen LogP contribution in [0.25, 0.3) is 0 Å². The van der Waals surface area contributed by atoms with Crippen molar-refractivity contribution in [1.82, 2.24) is 5.32 Å². The van der Waals surface area contributed by atoms with Gasteiger partial charge in [0.2, 0.25) is 0 Å². The van der Waals surface area contributed by atoms with Crippen LogP contribution in [0.5, 0.6) is 0 Å². The van der Waals surface area contributed by atoms with E-state index in [4.69, 9.17) is 34.8 Å². The van der Waals surface area contributed by atoms with Gasteiger partial charge in [-0.25, -0.2) is 8.42 Å². The number of sulfonamides is 1. The van der Waals surface area contributed by atoms with Crippen LogP contribution < -0.4 is 15.0 Å². The quantitative estimate of drug-likeness (QED) is 0.358. The second-order valence-corrected chi connectivity index (χ2v) is 11.5. The van der Waals surface area contributed by atoms with E-state index in [9.17, 15) is 18.0 Å². The number of amides is 2. The van der Waals surface area contributed by atoms with Crippen LogP contribution in [0.3, 0.4) is 0 Å². The van der Waals surface area contributed by atoms with Gasteiger partial charge in [0.25, 0.3) is 21.8 Å². The van der Waals surface area contributed by atoms with Crippen molar-refractivity contribution in [2.45, 2.75) is 16.6 Å². The monoisotopic (exact) mass is 628 g/mol. The zero-order valence-corrected chi connectivity index (χ0v) is 23.0. The summed E-state index contributed by atoms with van der Waals surface area (Å²) in [7, 11) is -3.86. The lowest BCUT2D eigenvalue weighted by molar-refractivity contribution is -0.116. The third-order valence-corrected chi connectivity index (χ3v) is 8.03. The molecular formula is C23H16BrCl3N4O4S. The molecule has 0 aromatic heterocycles. The number of amidine groups is 1. The van der Waals surface area contributed by atoms with Crippen molar-refractivity contribution in [3.8, 4) is 0 Å². The zero-order valence-electron chi connectivity index (χ0n) is 18.3. The molecule has 1 heterocycles. The Balaban J connectivity index is 1.55. The van der Waals surface area contributed by atoms with Gasteiger partial charge in [-0.05, 0) is 49.4 Å². The number of halogens is 4. The number of carbonyl (C=O) groups is 2. The Hall–Kier alpha value is -2.63. The van der Waals surface area contributed by atoms with E-state index in [1.165, 1.54) is 48.5 Å². The molecule has 0 radical (unpaired) electrons. The molecule has 0 fully saturated rings. The molecule has 186 valence electrons. The molecule has 0 aliphatic carbocycles. The average Bonchev–Trinajstić information content (AvgIpc) is 3.07. The first kappa shape index (κ1) is 26.4. The molecule has 3 aromatic rings. The molecule has 1 aliphatic rings. The summed E-state index contributed by atoms with van der Waals surface area (Å²) in [6.07, 6.45) is 0. The summed E-state index contributed by atoms with van der Waals surface area (Å²) in [5.41, 5.74) is 1.36. The fourth-order valence-corrected chi connectivity index (χ4v) is 5.69. The topological polar surface area (TPSA) is 108 Å². The zero-order chi connectivity index (χ0) is 26.2. The summed E-state index contributed by atoms with van der Waals surface area (Å²) < 4.78 is 27.8. The highest BCUT2D eigenvalue weighted by atomic mass is 79.9. The highest BCUT2D eigenvalue weighted by Crippen LogP contribution is 2.39. The lowest BCUT2D eigenvalue weighted by Crippen LogP contribution is -2.37. The number of hydrogen-bond donors (Lipinski definition) is 2. The number of anilines is 2. The molecule has 2 amide bonds. The number of nitrogens with one attached hydrogen (secondary N) is 2. The van der Waals surface area contributed by atoms with Crippen LogP contribution in [0.2, 0.25) is 15.1 Å². The molecule has 8 nitrogen and oxygen atoms in total. The molecule has 1 unspecified atom stereocenters. The number of carbonyl (C=O) groups excluding carboxylic acids is 2. The highest BCUT2D eigenvalue weighted by molar-refractivity contribution is 9.10. The Morgan fingerprint density at radius 2 is 1.67 bits per heavy atom.